The van der Waals surface area contributed by atoms with Crippen LogP contribution in [0.2, 0.25) is 0 Å². The highest BCUT2D eigenvalue weighted by atomic mass is 16.4. The van der Waals surface area contributed by atoms with Crippen molar-refractivity contribution < 1.29 is 14.7 Å². The van der Waals surface area contributed by atoms with Gasteiger partial charge >= 0.3 is 12.0 Å². The van der Waals surface area contributed by atoms with Crippen molar-refractivity contribution in [2.45, 2.75) is 45.6 Å². The molecule has 0 aromatic carbocycles. The highest BCUT2D eigenvalue weighted by Gasteiger charge is 2.30. The zero-order valence-electron chi connectivity index (χ0n) is 11.5. The average Bonchev–Trinajstić information content (AvgIpc) is 3.08. The van der Waals surface area contributed by atoms with Crippen LogP contribution in [0.3, 0.4) is 0 Å². The number of amides is 2. The van der Waals surface area contributed by atoms with Crippen LogP contribution in [0.5, 0.6) is 0 Å². The monoisotopic (exact) mass is 256 g/mol. The van der Waals surface area contributed by atoms with Gasteiger partial charge < -0.3 is 15.3 Å². The largest absolute Gasteiger partial charge is 0.480 e. The lowest BCUT2D eigenvalue weighted by Gasteiger charge is -2.22. The Bertz CT molecular complexity index is 301. The van der Waals surface area contributed by atoms with Crippen molar-refractivity contribution >= 4 is 12.0 Å². The number of rotatable bonds is 7. The minimum absolute atomic E-state index is 0.288. The number of urea groups is 1. The highest BCUT2D eigenvalue weighted by Crippen LogP contribution is 2.33. The first-order valence-corrected chi connectivity index (χ1v) is 6.64. The molecule has 0 aliphatic heterocycles. The molecule has 0 aromatic rings. The summed E-state index contributed by atoms with van der Waals surface area (Å²) >= 11 is 0. The Hall–Kier alpha value is -1.26. The molecule has 5 nitrogen and oxygen atoms in total. The van der Waals surface area contributed by atoms with Gasteiger partial charge in [-0.15, -0.1) is 0 Å². The summed E-state index contributed by atoms with van der Waals surface area (Å²) in [6.45, 7) is 4.84. The third kappa shape index (κ3) is 5.38. The molecule has 1 aliphatic carbocycles. The van der Waals surface area contributed by atoms with Crippen molar-refractivity contribution in [3.63, 3.8) is 0 Å². The topological polar surface area (TPSA) is 69.6 Å². The third-order valence-electron chi connectivity index (χ3n) is 3.25. The van der Waals surface area contributed by atoms with E-state index in [9.17, 15) is 9.59 Å². The maximum Gasteiger partial charge on any atom is 0.326 e. The van der Waals surface area contributed by atoms with E-state index in [1.807, 2.05) is 0 Å². The Morgan fingerprint density at radius 1 is 1.39 bits per heavy atom. The van der Waals surface area contributed by atoms with Crippen LogP contribution in [0.15, 0.2) is 0 Å². The van der Waals surface area contributed by atoms with E-state index in [-0.39, 0.29) is 6.03 Å². The van der Waals surface area contributed by atoms with Crippen molar-refractivity contribution in [1.29, 1.82) is 0 Å². The highest BCUT2D eigenvalue weighted by molar-refractivity contribution is 5.82. The number of hydrogen-bond acceptors (Lipinski definition) is 2. The number of hydrogen-bond donors (Lipinski definition) is 2. The van der Waals surface area contributed by atoms with Crippen LogP contribution in [0.25, 0.3) is 0 Å². The quantitative estimate of drug-likeness (QED) is 0.731. The summed E-state index contributed by atoms with van der Waals surface area (Å²) in [7, 11) is 1.70. The Balaban J connectivity index is 2.36. The third-order valence-corrected chi connectivity index (χ3v) is 3.25. The molecule has 1 aliphatic rings. The fraction of sp³-hybridized carbons (Fsp3) is 0.846. The first kappa shape index (κ1) is 14.8. The summed E-state index contributed by atoms with van der Waals surface area (Å²) in [5.41, 5.74) is 0. The normalized spacial score (nSPS) is 16.4. The van der Waals surface area contributed by atoms with Crippen molar-refractivity contribution in [1.82, 2.24) is 10.2 Å². The van der Waals surface area contributed by atoms with Crippen LogP contribution >= 0.6 is 0 Å². The van der Waals surface area contributed by atoms with Crippen molar-refractivity contribution in [3.05, 3.63) is 0 Å². The number of carboxylic acid groups (broad SMARTS) is 1. The van der Waals surface area contributed by atoms with E-state index in [1.165, 1.54) is 0 Å². The summed E-state index contributed by atoms with van der Waals surface area (Å²) in [4.78, 5) is 24.4. The summed E-state index contributed by atoms with van der Waals surface area (Å²) in [6, 6.07) is -1.03. The minimum atomic E-state index is -0.937. The second-order valence-electron chi connectivity index (χ2n) is 5.62. The van der Waals surface area contributed by atoms with Crippen LogP contribution in [-0.2, 0) is 4.79 Å². The number of carbonyl (C=O) groups excluding carboxylic acids is 1. The molecule has 0 aromatic heterocycles. The molecular weight excluding hydrogens is 232 g/mol. The molecule has 1 fully saturated rings. The standard InChI is InChI=1S/C13H24N2O3/c1-9(2)6-7-15(3)13(18)14-11(12(16)17)8-10-4-5-10/h9-11H,4-8H2,1-3H3,(H,14,18)(H,16,17). The summed E-state index contributed by atoms with van der Waals surface area (Å²) in [6.07, 6.45) is 3.65. The maximum absolute atomic E-state index is 11.8. The zero-order chi connectivity index (χ0) is 13.7. The van der Waals surface area contributed by atoms with Crippen molar-refractivity contribution in [2.24, 2.45) is 11.8 Å². The summed E-state index contributed by atoms with van der Waals surface area (Å²) in [5, 5.41) is 11.7. The lowest BCUT2D eigenvalue weighted by atomic mass is 10.1. The predicted octanol–water partition coefficient (Wildman–Crippen LogP) is 1.93. The Morgan fingerprint density at radius 2 is 2.00 bits per heavy atom. The van der Waals surface area contributed by atoms with Gasteiger partial charge in [0.1, 0.15) is 6.04 Å². The van der Waals surface area contributed by atoms with E-state index in [1.54, 1.807) is 11.9 Å². The van der Waals surface area contributed by atoms with Gasteiger partial charge in [-0.05, 0) is 24.7 Å². The van der Waals surface area contributed by atoms with Gasteiger partial charge in [0.25, 0.3) is 0 Å². The van der Waals surface area contributed by atoms with E-state index in [2.05, 4.69) is 19.2 Å². The minimum Gasteiger partial charge on any atom is -0.480 e. The van der Waals surface area contributed by atoms with Crippen LogP contribution in [0.4, 0.5) is 4.79 Å². The fourth-order valence-corrected chi connectivity index (χ4v) is 1.72. The molecule has 0 radical (unpaired) electrons. The van der Waals surface area contributed by atoms with Gasteiger partial charge in [0, 0.05) is 13.6 Å². The Labute approximate surface area is 109 Å². The van der Waals surface area contributed by atoms with E-state index in [0.717, 1.165) is 19.3 Å². The van der Waals surface area contributed by atoms with Crippen LogP contribution in [0.1, 0.15) is 39.5 Å². The number of aliphatic carboxylic acids is 1. The lowest BCUT2D eigenvalue weighted by molar-refractivity contribution is -0.139. The van der Waals surface area contributed by atoms with E-state index < -0.39 is 12.0 Å². The van der Waals surface area contributed by atoms with E-state index >= 15 is 0 Å². The molecule has 5 heteroatoms. The average molecular weight is 256 g/mol. The van der Waals surface area contributed by atoms with Gasteiger partial charge in [0.2, 0.25) is 0 Å². The van der Waals surface area contributed by atoms with Crippen molar-refractivity contribution in [2.75, 3.05) is 13.6 Å². The van der Waals surface area contributed by atoms with E-state index in [4.69, 9.17) is 5.11 Å². The zero-order valence-corrected chi connectivity index (χ0v) is 11.5. The van der Waals surface area contributed by atoms with Gasteiger partial charge in [-0.2, -0.15) is 0 Å². The molecule has 0 spiro atoms. The van der Waals surface area contributed by atoms with Crippen LogP contribution in [-0.4, -0.2) is 41.6 Å². The molecule has 1 unspecified atom stereocenters. The summed E-state index contributed by atoms with van der Waals surface area (Å²) < 4.78 is 0. The Morgan fingerprint density at radius 3 is 2.44 bits per heavy atom. The summed E-state index contributed by atoms with van der Waals surface area (Å²) in [5.74, 6) is 0.0712. The van der Waals surface area contributed by atoms with Gasteiger partial charge in [-0.3, -0.25) is 0 Å². The molecule has 1 rings (SSSR count). The van der Waals surface area contributed by atoms with Gasteiger partial charge in [0.05, 0.1) is 0 Å². The molecule has 1 saturated carbocycles. The van der Waals surface area contributed by atoms with Crippen LogP contribution in [0, 0.1) is 11.8 Å². The number of carbonyl (C=O) groups is 2. The molecule has 104 valence electrons. The van der Waals surface area contributed by atoms with Crippen LogP contribution < -0.4 is 5.32 Å². The fourth-order valence-electron chi connectivity index (χ4n) is 1.72. The first-order chi connectivity index (χ1) is 8.40. The molecule has 18 heavy (non-hydrogen) atoms. The molecule has 0 saturated heterocycles. The molecule has 2 amide bonds. The number of nitrogens with zero attached hydrogens (tertiary/aromatic N) is 1. The second kappa shape index (κ2) is 6.61. The molecule has 0 bridgehead atoms. The molecule has 1 atom stereocenters. The second-order valence-corrected chi connectivity index (χ2v) is 5.62. The Kier molecular flexibility index (Phi) is 5.44. The van der Waals surface area contributed by atoms with Gasteiger partial charge in [-0.25, -0.2) is 9.59 Å². The number of carboxylic acids is 1. The predicted molar refractivity (Wildman–Crippen MR) is 69.4 cm³/mol. The lowest BCUT2D eigenvalue weighted by Crippen LogP contribution is -2.47. The maximum atomic E-state index is 11.8. The smallest absolute Gasteiger partial charge is 0.326 e. The molecule has 0 heterocycles. The number of nitrogens with one attached hydrogen (secondary N) is 1. The van der Waals surface area contributed by atoms with Crippen molar-refractivity contribution in [3.8, 4) is 0 Å². The van der Waals surface area contributed by atoms with E-state index in [0.29, 0.717) is 24.8 Å². The first-order valence-electron chi connectivity index (χ1n) is 6.64. The molecule has 2 N–H and O–H groups in total. The van der Waals surface area contributed by atoms with Gasteiger partial charge in [-0.1, -0.05) is 26.7 Å². The SMILES string of the molecule is CC(C)CCN(C)C(=O)NC(CC1CC1)C(=O)O. The molecular formula is C13H24N2O3. The van der Waals surface area contributed by atoms with Gasteiger partial charge in [0.15, 0.2) is 0 Å².